The molecule has 7 heteroatoms. The molecule has 0 aromatic heterocycles. The van der Waals surface area contributed by atoms with Gasteiger partial charge in [-0.15, -0.1) is 0 Å². The van der Waals surface area contributed by atoms with Crippen LogP contribution in [-0.2, 0) is 28.5 Å². The predicted molar refractivity (Wildman–Crippen MR) is 86.2 cm³/mol. The molecule has 0 bridgehead atoms. The molecular formula is C17H30O7. The minimum absolute atomic E-state index is 0.0503. The number of carbonyl (C=O) groups excluding carboxylic acids is 2. The maximum atomic E-state index is 11.2. The molecule has 0 saturated carbocycles. The second kappa shape index (κ2) is 11.4. The smallest absolute Gasteiger partial charge is 0.303 e. The Kier molecular flexibility index (Phi) is 9.90. The summed E-state index contributed by atoms with van der Waals surface area (Å²) in [6, 6.07) is 0. The first-order chi connectivity index (χ1) is 11.5. The van der Waals surface area contributed by atoms with Crippen molar-refractivity contribution in [3.8, 4) is 0 Å². The van der Waals surface area contributed by atoms with Crippen molar-refractivity contribution in [2.24, 2.45) is 0 Å². The molecule has 2 unspecified atom stereocenters. The summed E-state index contributed by atoms with van der Waals surface area (Å²) in [5.41, 5.74) is 0. The second-order valence-corrected chi connectivity index (χ2v) is 6.04. The van der Waals surface area contributed by atoms with Crippen molar-refractivity contribution >= 4 is 11.9 Å². The van der Waals surface area contributed by atoms with Gasteiger partial charge in [0.05, 0.1) is 0 Å². The van der Waals surface area contributed by atoms with Crippen LogP contribution in [-0.4, -0.2) is 54.9 Å². The molecule has 1 aliphatic rings. The summed E-state index contributed by atoms with van der Waals surface area (Å²) in [7, 11) is 0. The number of carbonyl (C=O) groups is 2. The van der Waals surface area contributed by atoms with E-state index in [2.05, 4.69) is 6.92 Å². The zero-order chi connectivity index (χ0) is 17.9. The fourth-order valence-electron chi connectivity index (χ4n) is 2.66. The van der Waals surface area contributed by atoms with Crippen LogP contribution in [0.1, 0.15) is 59.3 Å². The first-order valence-electron chi connectivity index (χ1n) is 8.71. The number of unbranched alkanes of at least 4 members (excludes halogenated alkanes) is 5. The van der Waals surface area contributed by atoms with Gasteiger partial charge in [0.15, 0.2) is 12.4 Å². The normalized spacial score (nSPS) is 26.3. The first-order valence-corrected chi connectivity index (χ1v) is 8.71. The van der Waals surface area contributed by atoms with E-state index in [0.29, 0.717) is 6.61 Å². The van der Waals surface area contributed by atoms with Crippen LogP contribution in [0.2, 0.25) is 0 Å². The van der Waals surface area contributed by atoms with E-state index < -0.39 is 36.5 Å². The maximum Gasteiger partial charge on any atom is 0.303 e. The molecule has 7 nitrogen and oxygen atoms in total. The SMILES string of the molecule is CCCCCCCCO[C@@H]1C(OC(C)=O)C(O)O[C@@H]1COC(C)=O. The zero-order valence-corrected chi connectivity index (χ0v) is 14.9. The van der Waals surface area contributed by atoms with Gasteiger partial charge in [-0.1, -0.05) is 39.0 Å². The van der Waals surface area contributed by atoms with E-state index in [-0.39, 0.29) is 6.61 Å². The van der Waals surface area contributed by atoms with Crippen molar-refractivity contribution in [3.05, 3.63) is 0 Å². The van der Waals surface area contributed by atoms with Crippen LogP contribution in [0.25, 0.3) is 0 Å². The number of rotatable bonds is 11. The van der Waals surface area contributed by atoms with Gasteiger partial charge in [0.2, 0.25) is 0 Å². The molecule has 0 spiro atoms. The van der Waals surface area contributed by atoms with Gasteiger partial charge in [-0.25, -0.2) is 0 Å². The number of hydrogen-bond donors (Lipinski definition) is 1. The molecule has 1 heterocycles. The highest BCUT2D eigenvalue weighted by Crippen LogP contribution is 2.26. The lowest BCUT2D eigenvalue weighted by Crippen LogP contribution is -2.40. The molecule has 1 saturated heterocycles. The fourth-order valence-corrected chi connectivity index (χ4v) is 2.66. The number of hydrogen-bond acceptors (Lipinski definition) is 7. The molecule has 1 N–H and O–H groups in total. The third-order valence-electron chi connectivity index (χ3n) is 3.85. The van der Waals surface area contributed by atoms with Gasteiger partial charge < -0.3 is 24.1 Å². The minimum atomic E-state index is -1.29. The van der Waals surface area contributed by atoms with Crippen LogP contribution in [0, 0.1) is 0 Å². The molecule has 0 radical (unpaired) electrons. The van der Waals surface area contributed by atoms with Gasteiger partial charge in [0.25, 0.3) is 0 Å². The summed E-state index contributed by atoms with van der Waals surface area (Å²) in [4.78, 5) is 22.2. The molecule has 24 heavy (non-hydrogen) atoms. The highest BCUT2D eigenvalue weighted by Gasteiger charge is 2.47. The van der Waals surface area contributed by atoms with Crippen LogP contribution in [0.5, 0.6) is 0 Å². The lowest BCUT2D eigenvalue weighted by molar-refractivity contribution is -0.172. The Morgan fingerprint density at radius 1 is 1.00 bits per heavy atom. The number of esters is 2. The predicted octanol–water partition coefficient (Wildman–Crippen LogP) is 1.94. The van der Waals surface area contributed by atoms with Crippen molar-refractivity contribution < 1.29 is 33.6 Å². The molecule has 4 atom stereocenters. The average molecular weight is 346 g/mol. The molecule has 0 aromatic rings. The summed E-state index contributed by atoms with van der Waals surface area (Å²) >= 11 is 0. The standard InChI is InChI=1S/C17H30O7/c1-4-5-6-7-8-9-10-21-15-14(11-22-12(2)18)24-17(20)16(15)23-13(3)19/h14-17,20H,4-11H2,1-3H3/t14-,15+,16?,17?/m1/s1. The van der Waals surface area contributed by atoms with E-state index in [1.165, 1.54) is 33.1 Å². The largest absolute Gasteiger partial charge is 0.463 e. The Balaban J connectivity index is 2.46. The molecule has 0 aliphatic carbocycles. The minimum Gasteiger partial charge on any atom is -0.463 e. The molecule has 140 valence electrons. The van der Waals surface area contributed by atoms with Crippen LogP contribution in [0.3, 0.4) is 0 Å². The summed E-state index contributed by atoms with van der Waals surface area (Å²) in [5.74, 6) is -0.970. The van der Waals surface area contributed by atoms with E-state index in [1.807, 2.05) is 0 Å². The molecule has 0 aromatic carbocycles. The number of aliphatic hydroxyl groups is 1. The Hall–Kier alpha value is -1.18. The molecular weight excluding hydrogens is 316 g/mol. The van der Waals surface area contributed by atoms with Crippen molar-refractivity contribution in [1.82, 2.24) is 0 Å². The van der Waals surface area contributed by atoms with Gasteiger partial charge in [-0.2, -0.15) is 0 Å². The number of ether oxygens (including phenoxy) is 4. The summed E-state index contributed by atoms with van der Waals surface area (Å²) in [6.07, 6.45) is 3.24. The monoisotopic (exact) mass is 346 g/mol. The molecule has 1 aliphatic heterocycles. The summed E-state index contributed by atoms with van der Waals surface area (Å²) in [5, 5.41) is 9.92. The highest BCUT2D eigenvalue weighted by atomic mass is 16.7. The fraction of sp³-hybridized carbons (Fsp3) is 0.882. The topological polar surface area (TPSA) is 91.3 Å². The molecule has 1 rings (SSSR count). The lowest BCUT2D eigenvalue weighted by Gasteiger charge is -2.23. The van der Waals surface area contributed by atoms with Gasteiger partial charge >= 0.3 is 11.9 Å². The van der Waals surface area contributed by atoms with Crippen molar-refractivity contribution in [2.45, 2.75) is 83.9 Å². The van der Waals surface area contributed by atoms with Crippen LogP contribution < -0.4 is 0 Å². The van der Waals surface area contributed by atoms with Crippen molar-refractivity contribution in [3.63, 3.8) is 0 Å². The average Bonchev–Trinajstić information content (AvgIpc) is 2.80. The van der Waals surface area contributed by atoms with Crippen LogP contribution >= 0.6 is 0 Å². The van der Waals surface area contributed by atoms with E-state index in [0.717, 1.165) is 19.3 Å². The molecule has 0 amide bonds. The van der Waals surface area contributed by atoms with E-state index in [9.17, 15) is 14.7 Å². The van der Waals surface area contributed by atoms with Crippen molar-refractivity contribution in [1.29, 1.82) is 0 Å². The lowest BCUT2D eigenvalue weighted by atomic mass is 10.1. The highest BCUT2D eigenvalue weighted by molar-refractivity contribution is 5.66. The third-order valence-corrected chi connectivity index (χ3v) is 3.85. The summed E-state index contributed by atoms with van der Waals surface area (Å²) < 4.78 is 21.1. The van der Waals surface area contributed by atoms with Crippen LogP contribution in [0.4, 0.5) is 0 Å². The number of aliphatic hydroxyl groups excluding tert-OH is 1. The quantitative estimate of drug-likeness (QED) is 0.451. The summed E-state index contributed by atoms with van der Waals surface area (Å²) in [6.45, 7) is 5.15. The Bertz CT molecular complexity index is 385. The van der Waals surface area contributed by atoms with Crippen LogP contribution in [0.15, 0.2) is 0 Å². The second-order valence-electron chi connectivity index (χ2n) is 6.04. The first kappa shape index (κ1) is 20.9. The van der Waals surface area contributed by atoms with Gasteiger partial charge in [0, 0.05) is 20.5 Å². The Labute approximate surface area is 143 Å². The maximum absolute atomic E-state index is 11.2. The van der Waals surface area contributed by atoms with E-state index in [4.69, 9.17) is 18.9 Å². The van der Waals surface area contributed by atoms with Gasteiger partial charge in [-0.3, -0.25) is 9.59 Å². The van der Waals surface area contributed by atoms with E-state index in [1.54, 1.807) is 0 Å². The third kappa shape index (κ3) is 7.59. The zero-order valence-electron chi connectivity index (χ0n) is 14.9. The van der Waals surface area contributed by atoms with Gasteiger partial charge in [-0.05, 0) is 6.42 Å². The van der Waals surface area contributed by atoms with Crippen molar-refractivity contribution in [2.75, 3.05) is 13.2 Å². The van der Waals surface area contributed by atoms with Gasteiger partial charge in [0.1, 0.15) is 18.8 Å². The molecule has 1 fully saturated rings. The van der Waals surface area contributed by atoms with E-state index >= 15 is 0 Å². The Morgan fingerprint density at radius 2 is 1.67 bits per heavy atom. The Morgan fingerprint density at radius 3 is 2.29 bits per heavy atom.